The van der Waals surface area contributed by atoms with E-state index < -0.39 is 0 Å². The average Bonchev–Trinajstić information content (AvgIpc) is 2.38. The fourth-order valence-electron chi connectivity index (χ4n) is 2.02. The van der Waals surface area contributed by atoms with Crippen LogP contribution in [-0.4, -0.2) is 4.99 Å². The van der Waals surface area contributed by atoms with Gasteiger partial charge >= 0.3 is 0 Å². The summed E-state index contributed by atoms with van der Waals surface area (Å²) in [4.78, 5) is 0.402. The van der Waals surface area contributed by atoms with Crippen molar-refractivity contribution in [1.82, 2.24) is 0 Å². The molecule has 2 rings (SSSR count). The minimum absolute atomic E-state index is 0.162. The first-order chi connectivity index (χ1) is 9.38. The Morgan fingerprint density at radius 1 is 1.00 bits per heavy atom. The quantitative estimate of drug-likeness (QED) is 0.822. The molecule has 2 aromatic rings. The molecule has 2 aromatic carbocycles. The lowest BCUT2D eigenvalue weighted by Crippen LogP contribution is -2.12. The van der Waals surface area contributed by atoms with Crippen LogP contribution in [0.25, 0.3) is 0 Å². The highest BCUT2D eigenvalue weighted by molar-refractivity contribution is 7.80. The van der Waals surface area contributed by atoms with Gasteiger partial charge in [0.1, 0.15) is 4.99 Å². The Balaban J connectivity index is 2.25. The van der Waals surface area contributed by atoms with Crippen molar-refractivity contribution in [3.8, 4) is 0 Å². The monoisotopic (exact) mass is 284 g/mol. The molecule has 0 unspecified atom stereocenters. The predicted octanol–water partition coefficient (Wildman–Crippen LogP) is 4.36. The minimum Gasteiger partial charge on any atom is -0.389 e. The number of anilines is 2. The third kappa shape index (κ3) is 3.36. The standard InChI is InChI=1S/C17H20N2S/c1-17(2,3)12-8-10-13(11-9-12)19-15-7-5-4-6-14(15)16(18)20/h4-11,19H,1-3H3,(H2,18,20). The van der Waals surface area contributed by atoms with E-state index in [9.17, 15) is 0 Å². The van der Waals surface area contributed by atoms with Gasteiger partial charge in [-0.2, -0.15) is 0 Å². The molecule has 20 heavy (non-hydrogen) atoms. The highest BCUT2D eigenvalue weighted by atomic mass is 32.1. The van der Waals surface area contributed by atoms with E-state index in [-0.39, 0.29) is 5.41 Å². The Morgan fingerprint density at radius 3 is 2.15 bits per heavy atom. The minimum atomic E-state index is 0.162. The second-order valence-corrected chi connectivity index (χ2v) is 6.30. The van der Waals surface area contributed by atoms with Gasteiger partial charge in [0, 0.05) is 16.9 Å². The lowest BCUT2D eigenvalue weighted by Gasteiger charge is -2.19. The number of para-hydroxylation sites is 1. The number of nitrogens with one attached hydrogen (secondary N) is 1. The van der Waals surface area contributed by atoms with Crippen molar-refractivity contribution in [2.24, 2.45) is 5.73 Å². The zero-order valence-corrected chi connectivity index (χ0v) is 12.9. The Morgan fingerprint density at radius 2 is 1.60 bits per heavy atom. The van der Waals surface area contributed by atoms with Gasteiger partial charge in [-0.1, -0.05) is 57.3 Å². The maximum atomic E-state index is 5.74. The van der Waals surface area contributed by atoms with Gasteiger partial charge in [0.25, 0.3) is 0 Å². The molecule has 0 aliphatic rings. The normalized spacial score (nSPS) is 11.2. The van der Waals surface area contributed by atoms with Crippen molar-refractivity contribution in [3.05, 3.63) is 59.7 Å². The first kappa shape index (κ1) is 14.5. The molecule has 0 atom stereocenters. The van der Waals surface area contributed by atoms with E-state index in [0.29, 0.717) is 4.99 Å². The van der Waals surface area contributed by atoms with Crippen molar-refractivity contribution in [2.45, 2.75) is 26.2 Å². The van der Waals surface area contributed by atoms with Gasteiger partial charge in [0.2, 0.25) is 0 Å². The van der Waals surface area contributed by atoms with Crippen molar-refractivity contribution >= 4 is 28.6 Å². The smallest absolute Gasteiger partial charge is 0.106 e. The van der Waals surface area contributed by atoms with Gasteiger partial charge in [-0.15, -0.1) is 0 Å². The summed E-state index contributed by atoms with van der Waals surface area (Å²) in [6, 6.07) is 16.3. The third-order valence-corrected chi connectivity index (χ3v) is 3.44. The fourth-order valence-corrected chi connectivity index (χ4v) is 2.19. The summed E-state index contributed by atoms with van der Waals surface area (Å²) in [6.45, 7) is 6.62. The van der Waals surface area contributed by atoms with Crippen molar-refractivity contribution < 1.29 is 0 Å². The second kappa shape index (κ2) is 5.63. The second-order valence-electron chi connectivity index (χ2n) is 5.86. The predicted molar refractivity (Wildman–Crippen MR) is 90.8 cm³/mol. The molecular weight excluding hydrogens is 264 g/mol. The average molecular weight is 284 g/mol. The molecule has 104 valence electrons. The molecule has 0 aliphatic heterocycles. The van der Waals surface area contributed by atoms with E-state index >= 15 is 0 Å². The zero-order valence-electron chi connectivity index (χ0n) is 12.1. The van der Waals surface area contributed by atoms with Crippen molar-refractivity contribution in [2.75, 3.05) is 5.32 Å². The van der Waals surface area contributed by atoms with Gasteiger partial charge in [0.05, 0.1) is 0 Å². The van der Waals surface area contributed by atoms with Gasteiger partial charge in [0.15, 0.2) is 0 Å². The van der Waals surface area contributed by atoms with Crippen LogP contribution in [0.4, 0.5) is 11.4 Å². The van der Waals surface area contributed by atoms with Crippen LogP contribution in [0.3, 0.4) is 0 Å². The summed E-state index contributed by atoms with van der Waals surface area (Å²) in [5.74, 6) is 0. The summed E-state index contributed by atoms with van der Waals surface area (Å²) in [5, 5.41) is 3.37. The van der Waals surface area contributed by atoms with Gasteiger partial charge in [-0.25, -0.2) is 0 Å². The van der Waals surface area contributed by atoms with Crippen LogP contribution < -0.4 is 11.1 Å². The molecule has 0 saturated carbocycles. The Hall–Kier alpha value is -1.87. The number of hydrogen-bond acceptors (Lipinski definition) is 2. The molecule has 0 amide bonds. The van der Waals surface area contributed by atoms with Gasteiger partial charge in [-0.3, -0.25) is 0 Å². The number of benzene rings is 2. The molecule has 3 N–H and O–H groups in total. The van der Waals surface area contributed by atoms with Crippen LogP contribution in [0.5, 0.6) is 0 Å². The van der Waals surface area contributed by atoms with E-state index in [1.807, 2.05) is 24.3 Å². The fraction of sp³-hybridized carbons (Fsp3) is 0.235. The lowest BCUT2D eigenvalue weighted by atomic mass is 9.87. The highest BCUT2D eigenvalue weighted by Crippen LogP contribution is 2.26. The van der Waals surface area contributed by atoms with Gasteiger partial charge in [-0.05, 0) is 35.2 Å². The van der Waals surface area contributed by atoms with E-state index in [1.165, 1.54) is 5.56 Å². The summed E-state index contributed by atoms with van der Waals surface area (Å²) in [7, 11) is 0. The molecule has 3 heteroatoms. The molecule has 0 saturated heterocycles. The summed E-state index contributed by atoms with van der Waals surface area (Å²) in [6.07, 6.45) is 0. The topological polar surface area (TPSA) is 38.0 Å². The summed E-state index contributed by atoms with van der Waals surface area (Å²) >= 11 is 5.07. The molecule has 0 heterocycles. The number of hydrogen-bond donors (Lipinski definition) is 2. The van der Waals surface area contributed by atoms with Gasteiger partial charge < -0.3 is 11.1 Å². The van der Waals surface area contributed by atoms with Crippen molar-refractivity contribution in [3.63, 3.8) is 0 Å². The molecule has 0 fully saturated rings. The van der Waals surface area contributed by atoms with E-state index in [0.717, 1.165) is 16.9 Å². The third-order valence-electron chi connectivity index (χ3n) is 3.22. The van der Waals surface area contributed by atoms with Crippen LogP contribution in [0.1, 0.15) is 31.9 Å². The number of nitrogens with two attached hydrogens (primary N) is 1. The van der Waals surface area contributed by atoms with Crippen LogP contribution in [0, 0.1) is 0 Å². The van der Waals surface area contributed by atoms with Crippen LogP contribution >= 0.6 is 12.2 Å². The van der Waals surface area contributed by atoms with E-state index in [1.54, 1.807) is 0 Å². The maximum absolute atomic E-state index is 5.74. The first-order valence-corrected chi connectivity index (χ1v) is 7.05. The Labute approximate surface area is 126 Å². The largest absolute Gasteiger partial charge is 0.389 e. The molecular formula is C17H20N2S. The summed E-state index contributed by atoms with van der Waals surface area (Å²) in [5.41, 5.74) is 10.0. The van der Waals surface area contributed by atoms with Crippen molar-refractivity contribution in [1.29, 1.82) is 0 Å². The van der Waals surface area contributed by atoms with Crippen LogP contribution in [-0.2, 0) is 5.41 Å². The summed E-state index contributed by atoms with van der Waals surface area (Å²) < 4.78 is 0. The number of rotatable bonds is 3. The maximum Gasteiger partial charge on any atom is 0.106 e. The molecule has 0 aromatic heterocycles. The van der Waals surface area contributed by atoms with E-state index in [2.05, 4.69) is 50.4 Å². The highest BCUT2D eigenvalue weighted by Gasteiger charge is 2.13. The lowest BCUT2D eigenvalue weighted by molar-refractivity contribution is 0.590. The molecule has 2 nitrogen and oxygen atoms in total. The van der Waals surface area contributed by atoms with Crippen LogP contribution in [0.2, 0.25) is 0 Å². The Bertz CT molecular complexity index is 610. The zero-order chi connectivity index (χ0) is 14.8. The first-order valence-electron chi connectivity index (χ1n) is 6.64. The van der Waals surface area contributed by atoms with Crippen LogP contribution in [0.15, 0.2) is 48.5 Å². The molecule has 0 radical (unpaired) electrons. The molecule has 0 spiro atoms. The van der Waals surface area contributed by atoms with E-state index in [4.69, 9.17) is 18.0 Å². The number of thiocarbonyl (C=S) groups is 1. The molecule has 0 aliphatic carbocycles. The SMILES string of the molecule is CC(C)(C)c1ccc(Nc2ccccc2C(N)=S)cc1. The molecule has 0 bridgehead atoms. The Kier molecular flexibility index (Phi) is 4.09.